The largest absolute Gasteiger partial charge is 0.357 e. The van der Waals surface area contributed by atoms with Crippen molar-refractivity contribution in [3.63, 3.8) is 0 Å². The summed E-state index contributed by atoms with van der Waals surface area (Å²) >= 11 is 0. The van der Waals surface area contributed by atoms with E-state index in [-0.39, 0.29) is 41.5 Å². The first-order chi connectivity index (χ1) is 20.5. The Labute approximate surface area is 253 Å². The van der Waals surface area contributed by atoms with E-state index in [4.69, 9.17) is 4.52 Å². The molecule has 43 heavy (non-hydrogen) atoms. The number of likely N-dealkylation sites (N-methyl/N-ethyl adjacent to an activating group) is 1. The zero-order chi connectivity index (χ0) is 31.1. The lowest BCUT2D eigenvalue weighted by molar-refractivity contribution is -0.141. The van der Waals surface area contributed by atoms with Crippen LogP contribution in [0.2, 0.25) is 0 Å². The molecule has 2 amide bonds. The molecule has 9 nitrogen and oxygen atoms in total. The van der Waals surface area contributed by atoms with Crippen LogP contribution in [0.3, 0.4) is 0 Å². The monoisotopic (exact) mass is 602 g/mol. The van der Waals surface area contributed by atoms with Gasteiger partial charge in [-0.15, -0.1) is 0 Å². The van der Waals surface area contributed by atoms with Crippen molar-refractivity contribution in [2.45, 2.75) is 58.0 Å². The molecule has 2 N–H and O–H groups in total. The Hall–Kier alpha value is -4.44. The standard InChI is InChI=1S/C33H38N4O5S/c1-22(2)19-29(32(39)34-5)37(31(38)20-25-11-7-6-8-12-25)21-26-15-17-27(18-16-26)28-13-9-10-14-30(28)43(40,41)36-33-23(3)24(4)35-42-33/h6-18,22,29,36H,19-21H2,1-5H3,(H,34,39). The molecular weight excluding hydrogens is 564 g/mol. The summed E-state index contributed by atoms with van der Waals surface area (Å²) in [5.74, 6) is -0.0936. The summed E-state index contributed by atoms with van der Waals surface area (Å²) in [6.45, 7) is 7.74. The number of nitrogens with one attached hydrogen (secondary N) is 2. The van der Waals surface area contributed by atoms with E-state index in [1.807, 2.05) is 68.4 Å². The van der Waals surface area contributed by atoms with Crippen molar-refractivity contribution >= 4 is 27.7 Å². The molecule has 1 heterocycles. The molecule has 0 bridgehead atoms. The molecule has 0 aliphatic heterocycles. The predicted octanol–water partition coefficient (Wildman–Crippen LogP) is 5.49. The van der Waals surface area contributed by atoms with Crippen LogP contribution in [-0.4, -0.2) is 43.4 Å². The zero-order valence-corrected chi connectivity index (χ0v) is 25.9. The van der Waals surface area contributed by atoms with Crippen LogP contribution in [0.5, 0.6) is 0 Å². The number of aromatic nitrogens is 1. The summed E-state index contributed by atoms with van der Waals surface area (Å²) in [4.78, 5) is 28.4. The second-order valence-corrected chi connectivity index (χ2v) is 12.6. The highest BCUT2D eigenvalue weighted by Gasteiger charge is 2.30. The zero-order valence-electron chi connectivity index (χ0n) is 25.1. The fourth-order valence-corrected chi connectivity index (χ4v) is 6.12. The number of aryl methyl sites for hydroxylation is 1. The fourth-order valence-electron chi connectivity index (χ4n) is 4.85. The SMILES string of the molecule is CNC(=O)C(CC(C)C)N(Cc1ccc(-c2ccccc2S(=O)(=O)Nc2onc(C)c2C)cc1)C(=O)Cc1ccccc1. The number of benzene rings is 3. The highest BCUT2D eigenvalue weighted by atomic mass is 32.2. The van der Waals surface area contributed by atoms with Crippen LogP contribution in [0, 0.1) is 19.8 Å². The maximum Gasteiger partial charge on any atom is 0.264 e. The number of amides is 2. The van der Waals surface area contributed by atoms with Gasteiger partial charge < -0.3 is 14.7 Å². The lowest BCUT2D eigenvalue weighted by Crippen LogP contribution is -2.49. The Morgan fingerprint density at radius 1 is 0.907 bits per heavy atom. The smallest absolute Gasteiger partial charge is 0.264 e. The quantitative estimate of drug-likeness (QED) is 0.221. The summed E-state index contributed by atoms with van der Waals surface area (Å²) < 4.78 is 34.4. The minimum absolute atomic E-state index is 0.0787. The van der Waals surface area contributed by atoms with Gasteiger partial charge in [-0.1, -0.05) is 91.8 Å². The van der Waals surface area contributed by atoms with Crippen molar-refractivity contribution < 1.29 is 22.5 Å². The van der Waals surface area contributed by atoms with E-state index in [0.29, 0.717) is 28.8 Å². The molecule has 0 radical (unpaired) electrons. The maximum absolute atomic E-state index is 13.6. The van der Waals surface area contributed by atoms with E-state index in [0.717, 1.165) is 11.1 Å². The molecule has 0 spiro atoms. The Balaban J connectivity index is 1.63. The van der Waals surface area contributed by atoms with Gasteiger partial charge in [-0.3, -0.25) is 9.59 Å². The third-order valence-electron chi connectivity index (χ3n) is 7.32. The van der Waals surface area contributed by atoms with Gasteiger partial charge in [0.2, 0.25) is 17.7 Å². The molecule has 226 valence electrons. The van der Waals surface area contributed by atoms with Crippen LogP contribution in [-0.2, 0) is 32.6 Å². The molecule has 3 aromatic carbocycles. The van der Waals surface area contributed by atoms with Crippen molar-refractivity contribution in [2.24, 2.45) is 5.92 Å². The van der Waals surface area contributed by atoms with Crippen molar-refractivity contribution in [3.05, 3.63) is 101 Å². The van der Waals surface area contributed by atoms with Crippen LogP contribution in [0.1, 0.15) is 42.7 Å². The van der Waals surface area contributed by atoms with Crippen LogP contribution >= 0.6 is 0 Å². The lowest BCUT2D eigenvalue weighted by Gasteiger charge is -2.32. The summed E-state index contributed by atoms with van der Waals surface area (Å²) in [6.07, 6.45) is 0.688. The number of carbonyl (C=O) groups excluding carboxylic acids is 2. The molecule has 4 rings (SSSR count). The summed E-state index contributed by atoms with van der Waals surface area (Å²) in [5, 5.41) is 6.56. The van der Waals surface area contributed by atoms with Crippen LogP contribution in [0.4, 0.5) is 5.88 Å². The minimum Gasteiger partial charge on any atom is -0.357 e. The molecule has 1 atom stereocenters. The topological polar surface area (TPSA) is 122 Å². The van der Waals surface area contributed by atoms with Crippen molar-refractivity contribution in [1.82, 2.24) is 15.4 Å². The van der Waals surface area contributed by atoms with Crippen molar-refractivity contribution in [2.75, 3.05) is 11.8 Å². The number of rotatable bonds is 12. The number of sulfonamides is 1. The summed E-state index contributed by atoms with van der Waals surface area (Å²) in [6, 6.07) is 22.9. The number of carbonyl (C=O) groups is 2. The number of hydrogen-bond acceptors (Lipinski definition) is 6. The lowest BCUT2D eigenvalue weighted by atomic mass is 9.99. The second-order valence-electron chi connectivity index (χ2n) is 11.0. The van der Waals surface area contributed by atoms with E-state index < -0.39 is 16.1 Å². The fraction of sp³-hybridized carbons (Fsp3) is 0.303. The number of hydrogen-bond donors (Lipinski definition) is 2. The molecule has 0 saturated heterocycles. The summed E-state index contributed by atoms with van der Waals surface area (Å²) in [5.41, 5.74) is 4.09. The van der Waals surface area contributed by atoms with Gasteiger partial charge in [0, 0.05) is 24.7 Å². The molecule has 0 fully saturated rings. The first kappa shape index (κ1) is 31.5. The minimum atomic E-state index is -3.99. The highest BCUT2D eigenvalue weighted by molar-refractivity contribution is 7.92. The number of nitrogens with zero attached hydrogens (tertiary/aromatic N) is 2. The van der Waals surface area contributed by atoms with Gasteiger partial charge in [0.1, 0.15) is 6.04 Å². The maximum atomic E-state index is 13.6. The first-order valence-electron chi connectivity index (χ1n) is 14.2. The molecule has 0 aliphatic carbocycles. The van der Waals surface area contributed by atoms with Crippen LogP contribution < -0.4 is 10.0 Å². The first-order valence-corrected chi connectivity index (χ1v) is 15.7. The highest BCUT2D eigenvalue weighted by Crippen LogP contribution is 2.30. The second kappa shape index (κ2) is 13.7. The molecule has 0 saturated carbocycles. The van der Waals surface area contributed by atoms with E-state index in [1.54, 1.807) is 44.0 Å². The van der Waals surface area contributed by atoms with Gasteiger partial charge in [0.15, 0.2) is 0 Å². The number of anilines is 1. The van der Waals surface area contributed by atoms with Crippen LogP contribution in [0.15, 0.2) is 88.3 Å². The van der Waals surface area contributed by atoms with Gasteiger partial charge in [-0.25, -0.2) is 13.1 Å². The van der Waals surface area contributed by atoms with E-state index in [9.17, 15) is 18.0 Å². The third-order valence-corrected chi connectivity index (χ3v) is 8.71. The van der Waals surface area contributed by atoms with Gasteiger partial charge in [0.25, 0.3) is 10.0 Å². The van der Waals surface area contributed by atoms with Crippen molar-refractivity contribution in [3.8, 4) is 11.1 Å². The molecule has 0 aliphatic rings. The van der Waals surface area contributed by atoms with Gasteiger partial charge in [-0.05, 0) is 48.9 Å². The molecule has 1 aromatic heterocycles. The third kappa shape index (κ3) is 7.70. The molecular formula is C33H38N4O5S. The average molecular weight is 603 g/mol. The van der Waals surface area contributed by atoms with Gasteiger partial charge in [-0.2, -0.15) is 0 Å². The van der Waals surface area contributed by atoms with E-state index >= 15 is 0 Å². The van der Waals surface area contributed by atoms with Crippen LogP contribution in [0.25, 0.3) is 11.1 Å². The van der Waals surface area contributed by atoms with Crippen molar-refractivity contribution in [1.29, 1.82) is 0 Å². The van der Waals surface area contributed by atoms with E-state index in [2.05, 4.69) is 15.2 Å². The summed E-state index contributed by atoms with van der Waals surface area (Å²) in [7, 11) is -2.41. The normalized spacial score (nSPS) is 12.1. The molecule has 10 heteroatoms. The van der Waals surface area contributed by atoms with Gasteiger partial charge in [0.05, 0.1) is 17.0 Å². The average Bonchev–Trinajstić information content (AvgIpc) is 3.30. The molecule has 4 aromatic rings. The Kier molecular flexibility index (Phi) is 10.0. The molecule has 1 unspecified atom stereocenters. The van der Waals surface area contributed by atoms with E-state index in [1.165, 1.54) is 6.07 Å². The van der Waals surface area contributed by atoms with Gasteiger partial charge >= 0.3 is 0 Å². The predicted molar refractivity (Wildman–Crippen MR) is 167 cm³/mol. The Bertz CT molecular complexity index is 1670. The Morgan fingerprint density at radius 3 is 2.16 bits per heavy atom. The Morgan fingerprint density at radius 2 is 1.56 bits per heavy atom.